The molecular formula is C18H25N3O4S. The van der Waals surface area contributed by atoms with E-state index in [9.17, 15) is 14.4 Å². The molecule has 0 atom stereocenters. The van der Waals surface area contributed by atoms with Crippen molar-refractivity contribution in [2.24, 2.45) is 0 Å². The Labute approximate surface area is 159 Å². The zero-order valence-electron chi connectivity index (χ0n) is 15.3. The summed E-state index contributed by atoms with van der Waals surface area (Å²) in [5.74, 6) is -0.877. The van der Waals surface area contributed by atoms with Gasteiger partial charge in [0, 0.05) is 30.8 Å². The summed E-state index contributed by atoms with van der Waals surface area (Å²) in [6.45, 7) is 7.08. The number of thiocarbonyl (C=S) groups is 1. The van der Waals surface area contributed by atoms with Crippen molar-refractivity contribution in [3.05, 3.63) is 29.8 Å². The van der Waals surface area contributed by atoms with Crippen LogP contribution in [0.5, 0.6) is 0 Å². The second-order valence-electron chi connectivity index (χ2n) is 5.37. The zero-order valence-corrected chi connectivity index (χ0v) is 16.1. The Balaban J connectivity index is 2.59. The molecule has 0 radical (unpaired) electrons. The van der Waals surface area contributed by atoms with Crippen LogP contribution in [-0.4, -0.2) is 47.5 Å². The summed E-state index contributed by atoms with van der Waals surface area (Å²) in [5.41, 5.74) is 1.13. The minimum atomic E-state index is -0.427. The van der Waals surface area contributed by atoms with E-state index in [1.54, 1.807) is 36.1 Å². The van der Waals surface area contributed by atoms with Crippen molar-refractivity contribution in [2.45, 2.75) is 33.6 Å². The zero-order chi connectivity index (χ0) is 19.5. The normalized spacial score (nSPS) is 9.96. The number of nitrogens with one attached hydrogen (secondary N) is 2. The number of ether oxygens (including phenoxy) is 1. The van der Waals surface area contributed by atoms with Crippen molar-refractivity contribution < 1.29 is 19.1 Å². The summed E-state index contributed by atoms with van der Waals surface area (Å²) in [6.07, 6.45) is -0.0166. The van der Waals surface area contributed by atoms with Crippen molar-refractivity contribution in [3.8, 4) is 0 Å². The summed E-state index contributed by atoms with van der Waals surface area (Å²) in [5, 5.41) is 5.47. The molecule has 0 saturated heterocycles. The molecule has 8 heteroatoms. The van der Waals surface area contributed by atoms with E-state index in [2.05, 4.69) is 10.6 Å². The Morgan fingerprint density at radius 1 is 1.12 bits per heavy atom. The van der Waals surface area contributed by atoms with Crippen LogP contribution in [-0.2, 0) is 14.3 Å². The van der Waals surface area contributed by atoms with Crippen molar-refractivity contribution in [3.63, 3.8) is 0 Å². The molecule has 0 aliphatic heterocycles. The maximum Gasteiger partial charge on any atom is 0.306 e. The van der Waals surface area contributed by atoms with E-state index in [1.807, 2.05) is 13.8 Å². The predicted molar refractivity (Wildman–Crippen MR) is 104 cm³/mol. The van der Waals surface area contributed by atoms with Gasteiger partial charge in [-0.05, 0) is 51.2 Å². The van der Waals surface area contributed by atoms with Gasteiger partial charge >= 0.3 is 5.97 Å². The molecule has 142 valence electrons. The largest absolute Gasteiger partial charge is 0.466 e. The fourth-order valence-electron chi connectivity index (χ4n) is 2.22. The summed E-state index contributed by atoms with van der Waals surface area (Å²) in [6, 6.07) is 6.89. The fourth-order valence-corrected chi connectivity index (χ4v) is 2.46. The highest BCUT2D eigenvalue weighted by Gasteiger charge is 2.13. The number of hydrogen-bond acceptors (Lipinski definition) is 5. The molecule has 0 aromatic heterocycles. The number of benzene rings is 1. The van der Waals surface area contributed by atoms with Crippen LogP contribution in [0.3, 0.4) is 0 Å². The van der Waals surface area contributed by atoms with Gasteiger partial charge in [0.1, 0.15) is 0 Å². The monoisotopic (exact) mass is 379 g/mol. The minimum absolute atomic E-state index is 0.00383. The minimum Gasteiger partial charge on any atom is -0.466 e. The van der Waals surface area contributed by atoms with Crippen LogP contribution in [0.1, 0.15) is 44.0 Å². The van der Waals surface area contributed by atoms with Crippen LogP contribution in [0.2, 0.25) is 0 Å². The summed E-state index contributed by atoms with van der Waals surface area (Å²) >= 11 is 5.10. The van der Waals surface area contributed by atoms with Gasteiger partial charge in [0.25, 0.3) is 5.91 Å². The SMILES string of the molecule is CCOC(=O)CCC(=O)NC(=S)Nc1cccc(C(=O)N(CC)CC)c1. The van der Waals surface area contributed by atoms with Crippen LogP contribution in [0, 0.1) is 0 Å². The molecule has 26 heavy (non-hydrogen) atoms. The average molecular weight is 379 g/mol. The number of carbonyl (C=O) groups excluding carboxylic acids is 3. The number of rotatable bonds is 8. The van der Waals surface area contributed by atoms with Gasteiger partial charge in [-0.3, -0.25) is 14.4 Å². The Kier molecular flexibility index (Phi) is 9.29. The molecule has 1 rings (SSSR count). The first-order chi connectivity index (χ1) is 12.4. The van der Waals surface area contributed by atoms with E-state index in [0.29, 0.717) is 24.3 Å². The van der Waals surface area contributed by atoms with Gasteiger partial charge in [-0.25, -0.2) is 0 Å². The first-order valence-corrected chi connectivity index (χ1v) is 8.97. The maximum absolute atomic E-state index is 12.4. The van der Waals surface area contributed by atoms with E-state index in [0.717, 1.165) is 0 Å². The number of amides is 2. The molecule has 2 N–H and O–H groups in total. The molecule has 0 aliphatic carbocycles. The van der Waals surface area contributed by atoms with Gasteiger partial charge in [0.15, 0.2) is 5.11 Å². The topological polar surface area (TPSA) is 87.7 Å². The third-order valence-corrected chi connectivity index (χ3v) is 3.74. The standard InChI is InChI=1S/C18H25N3O4S/c1-4-21(5-2)17(24)13-8-7-9-14(12-13)19-18(26)20-15(22)10-11-16(23)25-6-3/h7-9,12H,4-6,10-11H2,1-3H3,(H2,19,20,22,26). The summed E-state index contributed by atoms with van der Waals surface area (Å²) < 4.78 is 4.76. The maximum atomic E-state index is 12.4. The van der Waals surface area contributed by atoms with E-state index in [1.165, 1.54) is 0 Å². The highest BCUT2D eigenvalue weighted by Crippen LogP contribution is 2.13. The fraction of sp³-hybridized carbons (Fsp3) is 0.444. The van der Waals surface area contributed by atoms with Gasteiger partial charge in [-0.15, -0.1) is 0 Å². The molecule has 0 spiro atoms. The highest BCUT2D eigenvalue weighted by atomic mass is 32.1. The van der Waals surface area contributed by atoms with Crippen molar-refractivity contribution in [1.29, 1.82) is 0 Å². The molecule has 0 saturated carbocycles. The second kappa shape index (κ2) is 11.2. The number of nitrogens with zero attached hydrogens (tertiary/aromatic N) is 1. The number of esters is 1. The molecule has 0 fully saturated rings. The first kappa shape index (κ1) is 21.6. The second-order valence-corrected chi connectivity index (χ2v) is 5.77. The third-order valence-electron chi connectivity index (χ3n) is 3.53. The molecule has 1 aromatic carbocycles. The van der Waals surface area contributed by atoms with Crippen LogP contribution in [0.25, 0.3) is 0 Å². The third kappa shape index (κ3) is 7.18. The number of carbonyl (C=O) groups is 3. The van der Waals surface area contributed by atoms with Gasteiger partial charge < -0.3 is 20.3 Å². The van der Waals surface area contributed by atoms with E-state index >= 15 is 0 Å². The Morgan fingerprint density at radius 3 is 2.42 bits per heavy atom. The summed E-state index contributed by atoms with van der Waals surface area (Å²) in [4.78, 5) is 37.1. The van der Waals surface area contributed by atoms with Crippen LogP contribution < -0.4 is 10.6 Å². The molecule has 0 unspecified atom stereocenters. The predicted octanol–water partition coefficient (Wildman–Crippen LogP) is 2.32. The van der Waals surface area contributed by atoms with E-state index in [4.69, 9.17) is 17.0 Å². The van der Waals surface area contributed by atoms with Crippen molar-refractivity contribution in [1.82, 2.24) is 10.2 Å². The molecule has 2 amide bonds. The lowest BCUT2D eigenvalue weighted by atomic mass is 10.1. The van der Waals surface area contributed by atoms with Crippen LogP contribution in [0.15, 0.2) is 24.3 Å². The average Bonchev–Trinajstić information content (AvgIpc) is 2.61. The lowest BCUT2D eigenvalue weighted by Crippen LogP contribution is -2.34. The van der Waals surface area contributed by atoms with Crippen LogP contribution in [0.4, 0.5) is 5.69 Å². The summed E-state index contributed by atoms with van der Waals surface area (Å²) in [7, 11) is 0. The smallest absolute Gasteiger partial charge is 0.306 e. The van der Waals surface area contributed by atoms with Gasteiger partial charge in [-0.2, -0.15) is 0 Å². The molecule has 1 aromatic rings. The van der Waals surface area contributed by atoms with Crippen molar-refractivity contribution in [2.75, 3.05) is 25.0 Å². The van der Waals surface area contributed by atoms with Gasteiger partial charge in [0.2, 0.25) is 5.91 Å². The highest BCUT2D eigenvalue weighted by molar-refractivity contribution is 7.80. The van der Waals surface area contributed by atoms with Crippen molar-refractivity contribution >= 4 is 40.8 Å². The number of hydrogen-bond donors (Lipinski definition) is 2. The van der Waals surface area contributed by atoms with E-state index < -0.39 is 5.97 Å². The number of anilines is 1. The van der Waals surface area contributed by atoms with Crippen LogP contribution >= 0.6 is 12.2 Å². The molecule has 7 nitrogen and oxygen atoms in total. The molecule has 0 bridgehead atoms. The first-order valence-electron chi connectivity index (χ1n) is 8.57. The van der Waals surface area contributed by atoms with Gasteiger partial charge in [-0.1, -0.05) is 6.07 Å². The molecule has 0 heterocycles. The lowest BCUT2D eigenvalue weighted by molar-refractivity contribution is -0.144. The Bertz CT molecular complexity index is 660. The quantitative estimate of drug-likeness (QED) is 0.532. The molecule has 0 aliphatic rings. The van der Waals surface area contributed by atoms with Gasteiger partial charge in [0.05, 0.1) is 13.0 Å². The Morgan fingerprint density at radius 2 is 1.81 bits per heavy atom. The molecular weight excluding hydrogens is 354 g/mol. The lowest BCUT2D eigenvalue weighted by Gasteiger charge is -2.19. The van der Waals surface area contributed by atoms with E-state index in [-0.39, 0.29) is 36.4 Å². The Hall–Kier alpha value is -2.48.